The van der Waals surface area contributed by atoms with Crippen molar-refractivity contribution >= 4 is 0 Å². The molecule has 0 aliphatic carbocycles. The van der Waals surface area contributed by atoms with Gasteiger partial charge in [0.1, 0.15) is 6.54 Å². The fourth-order valence-electron chi connectivity index (χ4n) is 0.502. The van der Waals surface area contributed by atoms with Gasteiger partial charge >= 0.3 is 6.18 Å². The summed E-state index contributed by atoms with van der Waals surface area (Å²) in [6.07, 6.45) is -3.07. The highest BCUT2D eigenvalue weighted by molar-refractivity contribution is 4.75. The Morgan fingerprint density at radius 1 is 1.45 bits per heavy atom. The van der Waals surface area contributed by atoms with E-state index in [-0.39, 0.29) is 6.54 Å². The molecule has 0 bridgehead atoms. The molecule has 0 unspecified atom stereocenters. The second kappa shape index (κ2) is 4.03. The SMILES string of the molecule is N#CN(CCO)CC(F)(F)F. The summed E-state index contributed by atoms with van der Waals surface area (Å²) in [6.45, 7) is -2.04. The zero-order chi connectivity index (χ0) is 8.91. The smallest absolute Gasteiger partial charge is 0.395 e. The molecule has 0 fully saturated rings. The van der Waals surface area contributed by atoms with Gasteiger partial charge in [0.2, 0.25) is 0 Å². The second-order valence-corrected chi connectivity index (χ2v) is 1.86. The number of aliphatic hydroxyl groups excluding tert-OH is 1. The molecule has 0 amide bonds. The van der Waals surface area contributed by atoms with Crippen LogP contribution >= 0.6 is 0 Å². The van der Waals surface area contributed by atoms with E-state index in [2.05, 4.69) is 0 Å². The topological polar surface area (TPSA) is 47.3 Å². The van der Waals surface area contributed by atoms with Crippen LogP contribution in [0.3, 0.4) is 0 Å². The van der Waals surface area contributed by atoms with Crippen molar-refractivity contribution in [1.82, 2.24) is 4.90 Å². The van der Waals surface area contributed by atoms with E-state index in [0.29, 0.717) is 4.90 Å². The molecule has 0 radical (unpaired) electrons. The summed E-state index contributed by atoms with van der Waals surface area (Å²) in [4.78, 5) is 0.444. The van der Waals surface area contributed by atoms with Crippen LogP contribution in [0.1, 0.15) is 0 Å². The number of hydrogen-bond donors (Lipinski definition) is 1. The second-order valence-electron chi connectivity index (χ2n) is 1.86. The predicted octanol–water partition coefficient (Wildman–Crippen LogP) is 0.324. The Hall–Kier alpha value is -0.960. The molecule has 11 heavy (non-hydrogen) atoms. The number of nitrogens with zero attached hydrogens (tertiary/aromatic N) is 2. The zero-order valence-corrected chi connectivity index (χ0v) is 5.60. The van der Waals surface area contributed by atoms with E-state index >= 15 is 0 Å². The van der Waals surface area contributed by atoms with Crippen molar-refractivity contribution in [1.29, 1.82) is 5.26 Å². The maximum Gasteiger partial charge on any atom is 0.406 e. The predicted molar refractivity (Wildman–Crippen MR) is 30.3 cm³/mol. The van der Waals surface area contributed by atoms with Gasteiger partial charge in [-0.2, -0.15) is 18.4 Å². The molecule has 0 aromatic heterocycles. The number of alkyl halides is 3. The van der Waals surface area contributed by atoms with Crippen molar-refractivity contribution in [3.63, 3.8) is 0 Å². The summed E-state index contributed by atoms with van der Waals surface area (Å²) in [5.74, 6) is 0. The normalized spacial score (nSPS) is 10.8. The molecular weight excluding hydrogens is 161 g/mol. The van der Waals surface area contributed by atoms with Gasteiger partial charge in [-0.05, 0) is 0 Å². The number of rotatable bonds is 3. The van der Waals surface area contributed by atoms with Crippen molar-refractivity contribution < 1.29 is 18.3 Å². The first-order chi connectivity index (χ1) is 4.99. The van der Waals surface area contributed by atoms with Gasteiger partial charge in [-0.25, -0.2) is 0 Å². The van der Waals surface area contributed by atoms with Crippen LogP contribution in [0.25, 0.3) is 0 Å². The average Bonchev–Trinajstić information content (AvgIpc) is 1.84. The van der Waals surface area contributed by atoms with Gasteiger partial charge in [0.25, 0.3) is 0 Å². The van der Waals surface area contributed by atoms with Crippen molar-refractivity contribution in [2.45, 2.75) is 6.18 Å². The third-order valence-electron chi connectivity index (χ3n) is 0.881. The zero-order valence-electron chi connectivity index (χ0n) is 5.60. The van der Waals surface area contributed by atoms with E-state index in [0.717, 1.165) is 0 Å². The number of halogens is 3. The highest BCUT2D eigenvalue weighted by Crippen LogP contribution is 2.15. The summed E-state index contributed by atoms with van der Waals surface area (Å²) in [6, 6.07) is 0. The van der Waals surface area contributed by atoms with Gasteiger partial charge in [-0.1, -0.05) is 0 Å². The number of aliphatic hydroxyl groups is 1. The molecule has 6 heteroatoms. The Morgan fingerprint density at radius 2 is 2.00 bits per heavy atom. The molecule has 0 aliphatic rings. The molecule has 64 valence electrons. The summed E-state index contributed by atoms with van der Waals surface area (Å²) in [5.41, 5.74) is 0. The lowest BCUT2D eigenvalue weighted by Gasteiger charge is -2.15. The summed E-state index contributed by atoms with van der Waals surface area (Å²) in [5, 5.41) is 16.3. The summed E-state index contributed by atoms with van der Waals surface area (Å²) >= 11 is 0. The van der Waals surface area contributed by atoms with Crippen LogP contribution in [0.4, 0.5) is 13.2 Å². The van der Waals surface area contributed by atoms with Crippen LogP contribution in [0, 0.1) is 11.5 Å². The molecule has 0 rings (SSSR count). The third-order valence-corrected chi connectivity index (χ3v) is 0.881. The van der Waals surface area contributed by atoms with Crippen LogP contribution in [-0.4, -0.2) is 35.9 Å². The Bertz CT molecular complexity index is 151. The Labute approximate surface area is 61.6 Å². The van der Waals surface area contributed by atoms with Gasteiger partial charge in [0.15, 0.2) is 6.19 Å². The minimum absolute atomic E-state index is 0.282. The van der Waals surface area contributed by atoms with E-state index in [1.807, 2.05) is 0 Å². The van der Waals surface area contributed by atoms with E-state index in [1.165, 1.54) is 6.19 Å². The van der Waals surface area contributed by atoms with Crippen molar-refractivity contribution in [2.24, 2.45) is 0 Å². The Balaban J connectivity index is 3.81. The van der Waals surface area contributed by atoms with Gasteiger partial charge in [0, 0.05) is 0 Å². The first-order valence-electron chi connectivity index (χ1n) is 2.82. The van der Waals surface area contributed by atoms with E-state index in [1.54, 1.807) is 0 Å². The molecule has 1 N–H and O–H groups in total. The van der Waals surface area contributed by atoms with Crippen LogP contribution in [-0.2, 0) is 0 Å². The van der Waals surface area contributed by atoms with Crippen LogP contribution in [0.2, 0.25) is 0 Å². The summed E-state index contributed by atoms with van der Waals surface area (Å²) in [7, 11) is 0. The van der Waals surface area contributed by atoms with Gasteiger partial charge in [-0.15, -0.1) is 0 Å². The highest BCUT2D eigenvalue weighted by Gasteiger charge is 2.30. The first-order valence-corrected chi connectivity index (χ1v) is 2.82. The van der Waals surface area contributed by atoms with Crippen LogP contribution in [0.15, 0.2) is 0 Å². The molecule has 0 atom stereocenters. The molecule has 0 aliphatic heterocycles. The van der Waals surface area contributed by atoms with Crippen molar-refractivity contribution in [2.75, 3.05) is 19.7 Å². The lowest BCUT2D eigenvalue weighted by atomic mass is 10.5. The van der Waals surface area contributed by atoms with Gasteiger partial charge in [-0.3, -0.25) is 4.90 Å². The number of nitriles is 1. The standard InChI is InChI=1S/C5H7F3N2O/c6-5(7,8)3-10(4-9)1-2-11/h11H,1-3H2. The van der Waals surface area contributed by atoms with Gasteiger partial charge < -0.3 is 5.11 Å². The summed E-state index contributed by atoms with van der Waals surface area (Å²) < 4.78 is 34.6. The Morgan fingerprint density at radius 3 is 2.27 bits per heavy atom. The minimum atomic E-state index is -4.38. The number of hydrogen-bond acceptors (Lipinski definition) is 3. The molecule has 0 saturated carbocycles. The van der Waals surface area contributed by atoms with E-state index in [4.69, 9.17) is 10.4 Å². The molecule has 3 nitrogen and oxygen atoms in total. The maximum absolute atomic E-state index is 11.5. The molecule has 0 saturated heterocycles. The highest BCUT2D eigenvalue weighted by atomic mass is 19.4. The van der Waals surface area contributed by atoms with Crippen LogP contribution < -0.4 is 0 Å². The van der Waals surface area contributed by atoms with Crippen molar-refractivity contribution in [3.8, 4) is 6.19 Å². The molecule has 0 aromatic rings. The third kappa shape index (κ3) is 5.48. The minimum Gasteiger partial charge on any atom is -0.395 e. The fourth-order valence-corrected chi connectivity index (χ4v) is 0.502. The molecule has 0 aromatic carbocycles. The van der Waals surface area contributed by atoms with E-state index < -0.39 is 19.3 Å². The lowest BCUT2D eigenvalue weighted by Crippen LogP contribution is -2.32. The lowest BCUT2D eigenvalue weighted by molar-refractivity contribution is -0.140. The van der Waals surface area contributed by atoms with E-state index in [9.17, 15) is 13.2 Å². The largest absolute Gasteiger partial charge is 0.406 e. The molecular formula is C5H7F3N2O. The monoisotopic (exact) mass is 168 g/mol. The quantitative estimate of drug-likeness (QED) is 0.487. The van der Waals surface area contributed by atoms with Crippen LogP contribution in [0.5, 0.6) is 0 Å². The van der Waals surface area contributed by atoms with Gasteiger partial charge in [0.05, 0.1) is 13.2 Å². The fraction of sp³-hybridized carbons (Fsp3) is 0.800. The maximum atomic E-state index is 11.5. The molecule has 0 spiro atoms. The molecule has 0 heterocycles. The Kier molecular flexibility index (Phi) is 3.68. The van der Waals surface area contributed by atoms with Crippen molar-refractivity contribution in [3.05, 3.63) is 0 Å². The average molecular weight is 168 g/mol. The first kappa shape index (κ1) is 10.0.